The van der Waals surface area contributed by atoms with Gasteiger partial charge in [-0.3, -0.25) is 0 Å². The highest BCUT2D eigenvalue weighted by Gasteiger charge is 2.41. The van der Waals surface area contributed by atoms with E-state index in [2.05, 4.69) is 26.1 Å². The van der Waals surface area contributed by atoms with Crippen molar-refractivity contribution in [3.63, 3.8) is 0 Å². The van der Waals surface area contributed by atoms with Crippen LogP contribution in [0.2, 0.25) is 0 Å². The van der Waals surface area contributed by atoms with E-state index in [0.717, 1.165) is 12.8 Å². The van der Waals surface area contributed by atoms with Crippen molar-refractivity contribution in [3.8, 4) is 0 Å². The second-order valence-electron chi connectivity index (χ2n) is 5.62. The fourth-order valence-corrected chi connectivity index (χ4v) is 3.09. The molecular formula is C14H26F3N. The molecule has 1 aliphatic carbocycles. The van der Waals surface area contributed by atoms with E-state index in [0.29, 0.717) is 24.8 Å². The molecule has 1 nitrogen and oxygen atoms in total. The Morgan fingerprint density at radius 3 is 1.94 bits per heavy atom. The Morgan fingerprint density at radius 2 is 1.56 bits per heavy atom. The van der Waals surface area contributed by atoms with E-state index in [-0.39, 0.29) is 18.9 Å². The number of alkyl halides is 3. The molecular weight excluding hydrogens is 239 g/mol. The van der Waals surface area contributed by atoms with Crippen molar-refractivity contribution in [2.45, 2.75) is 77.6 Å². The Balaban J connectivity index is 2.35. The lowest BCUT2D eigenvalue weighted by atomic mass is 9.84. The molecule has 0 aromatic rings. The fourth-order valence-electron chi connectivity index (χ4n) is 3.09. The van der Waals surface area contributed by atoms with Gasteiger partial charge in [0, 0.05) is 12.1 Å². The van der Waals surface area contributed by atoms with Gasteiger partial charge in [0.05, 0.1) is 5.92 Å². The van der Waals surface area contributed by atoms with E-state index in [4.69, 9.17) is 0 Å². The molecule has 0 aliphatic heterocycles. The van der Waals surface area contributed by atoms with Crippen LogP contribution < -0.4 is 5.32 Å². The zero-order chi connectivity index (χ0) is 13.8. The molecule has 108 valence electrons. The lowest BCUT2D eigenvalue weighted by Crippen LogP contribution is -2.43. The maximum Gasteiger partial charge on any atom is 0.391 e. The molecule has 1 rings (SSSR count). The van der Waals surface area contributed by atoms with Crippen LogP contribution in [0.15, 0.2) is 0 Å². The van der Waals surface area contributed by atoms with Crippen LogP contribution in [0.3, 0.4) is 0 Å². The molecule has 4 heteroatoms. The predicted molar refractivity (Wildman–Crippen MR) is 68.5 cm³/mol. The second kappa shape index (κ2) is 6.78. The largest absolute Gasteiger partial charge is 0.391 e. The smallest absolute Gasteiger partial charge is 0.311 e. The molecule has 1 saturated carbocycles. The highest BCUT2D eigenvalue weighted by molar-refractivity contribution is 4.83. The summed E-state index contributed by atoms with van der Waals surface area (Å²) in [6, 6.07) is 0.687. The van der Waals surface area contributed by atoms with Crippen molar-refractivity contribution in [2.24, 2.45) is 11.8 Å². The Hall–Kier alpha value is -0.250. The number of hydrogen-bond donors (Lipinski definition) is 1. The summed E-state index contributed by atoms with van der Waals surface area (Å²) in [5, 5.41) is 3.53. The van der Waals surface area contributed by atoms with Crippen LogP contribution in [0.25, 0.3) is 0 Å². The Bertz CT molecular complexity index is 228. The summed E-state index contributed by atoms with van der Waals surface area (Å²) in [6.07, 6.45) is 0.161. The molecule has 0 saturated heterocycles. The average molecular weight is 265 g/mol. The monoisotopic (exact) mass is 265 g/mol. The normalized spacial score (nSPS) is 27.5. The van der Waals surface area contributed by atoms with Gasteiger partial charge in [-0.25, -0.2) is 0 Å². The summed E-state index contributed by atoms with van der Waals surface area (Å²) < 4.78 is 37.6. The van der Waals surface area contributed by atoms with Crippen molar-refractivity contribution in [2.75, 3.05) is 0 Å². The van der Waals surface area contributed by atoms with E-state index in [1.54, 1.807) is 0 Å². The van der Waals surface area contributed by atoms with Gasteiger partial charge < -0.3 is 5.32 Å². The molecule has 1 unspecified atom stereocenters. The van der Waals surface area contributed by atoms with Crippen molar-refractivity contribution in [1.82, 2.24) is 5.32 Å². The number of halogens is 3. The molecule has 1 fully saturated rings. The van der Waals surface area contributed by atoms with Crippen LogP contribution in [0.1, 0.15) is 59.3 Å². The summed E-state index contributed by atoms with van der Waals surface area (Å²) in [6.45, 7) is 6.51. The van der Waals surface area contributed by atoms with Crippen LogP contribution in [0.4, 0.5) is 13.2 Å². The third kappa shape index (κ3) is 4.45. The third-order valence-electron chi connectivity index (χ3n) is 4.44. The SMILES string of the molecule is CCC(CC)C(C)NC1CCC(C(F)(F)F)CC1. The number of hydrogen-bond acceptors (Lipinski definition) is 1. The first-order chi connectivity index (χ1) is 8.38. The van der Waals surface area contributed by atoms with Gasteiger partial charge in [-0.05, 0) is 38.5 Å². The highest BCUT2D eigenvalue weighted by atomic mass is 19.4. The molecule has 0 bridgehead atoms. The summed E-state index contributed by atoms with van der Waals surface area (Å²) >= 11 is 0. The fraction of sp³-hybridized carbons (Fsp3) is 1.00. The van der Waals surface area contributed by atoms with E-state index >= 15 is 0 Å². The molecule has 18 heavy (non-hydrogen) atoms. The molecule has 0 spiro atoms. The maximum atomic E-state index is 12.5. The Kier molecular flexibility index (Phi) is 5.96. The number of rotatable bonds is 5. The Morgan fingerprint density at radius 1 is 1.06 bits per heavy atom. The van der Waals surface area contributed by atoms with E-state index in [1.807, 2.05) is 0 Å². The molecule has 0 heterocycles. The minimum atomic E-state index is -3.99. The Labute approximate surface area is 109 Å². The van der Waals surface area contributed by atoms with Gasteiger partial charge in [-0.15, -0.1) is 0 Å². The standard InChI is InChI=1S/C14H26F3N/c1-4-11(5-2)10(3)18-13-8-6-12(7-9-13)14(15,16)17/h10-13,18H,4-9H2,1-3H3. The zero-order valence-electron chi connectivity index (χ0n) is 11.7. The van der Waals surface area contributed by atoms with E-state index in [1.165, 1.54) is 0 Å². The summed E-state index contributed by atoms with van der Waals surface area (Å²) in [4.78, 5) is 0. The van der Waals surface area contributed by atoms with E-state index in [9.17, 15) is 13.2 Å². The molecule has 0 aromatic carbocycles. The first-order valence-electron chi connectivity index (χ1n) is 7.21. The van der Waals surface area contributed by atoms with Crippen LogP contribution in [0, 0.1) is 11.8 Å². The van der Waals surface area contributed by atoms with Gasteiger partial charge in [0.1, 0.15) is 0 Å². The molecule has 0 amide bonds. The van der Waals surface area contributed by atoms with Gasteiger partial charge >= 0.3 is 6.18 Å². The summed E-state index contributed by atoms with van der Waals surface area (Å²) in [7, 11) is 0. The maximum absolute atomic E-state index is 12.5. The van der Waals surface area contributed by atoms with Crippen molar-refractivity contribution >= 4 is 0 Å². The lowest BCUT2D eigenvalue weighted by molar-refractivity contribution is -0.182. The molecule has 1 aliphatic rings. The van der Waals surface area contributed by atoms with Crippen LogP contribution in [-0.4, -0.2) is 18.3 Å². The van der Waals surface area contributed by atoms with Gasteiger partial charge in [-0.2, -0.15) is 13.2 Å². The average Bonchev–Trinajstić information content (AvgIpc) is 2.30. The highest BCUT2D eigenvalue weighted by Crippen LogP contribution is 2.37. The zero-order valence-corrected chi connectivity index (χ0v) is 11.7. The van der Waals surface area contributed by atoms with Crippen LogP contribution in [0.5, 0.6) is 0 Å². The quantitative estimate of drug-likeness (QED) is 0.770. The lowest BCUT2D eigenvalue weighted by Gasteiger charge is -2.34. The molecule has 0 aromatic heterocycles. The topological polar surface area (TPSA) is 12.0 Å². The summed E-state index contributed by atoms with van der Waals surface area (Å²) in [5.74, 6) is -0.440. The third-order valence-corrected chi connectivity index (χ3v) is 4.44. The minimum absolute atomic E-state index is 0.277. The van der Waals surface area contributed by atoms with Crippen LogP contribution in [-0.2, 0) is 0 Å². The molecule has 1 N–H and O–H groups in total. The van der Waals surface area contributed by atoms with Crippen LogP contribution >= 0.6 is 0 Å². The van der Waals surface area contributed by atoms with Crippen molar-refractivity contribution in [1.29, 1.82) is 0 Å². The van der Waals surface area contributed by atoms with Gasteiger partial charge in [0.25, 0.3) is 0 Å². The van der Waals surface area contributed by atoms with E-state index < -0.39 is 12.1 Å². The van der Waals surface area contributed by atoms with Gasteiger partial charge in [0.15, 0.2) is 0 Å². The number of nitrogens with one attached hydrogen (secondary N) is 1. The second-order valence-corrected chi connectivity index (χ2v) is 5.62. The molecule has 0 radical (unpaired) electrons. The van der Waals surface area contributed by atoms with Crippen molar-refractivity contribution < 1.29 is 13.2 Å². The summed E-state index contributed by atoms with van der Waals surface area (Å²) in [5.41, 5.74) is 0. The van der Waals surface area contributed by atoms with Crippen molar-refractivity contribution in [3.05, 3.63) is 0 Å². The minimum Gasteiger partial charge on any atom is -0.311 e. The first-order valence-corrected chi connectivity index (χ1v) is 7.21. The van der Waals surface area contributed by atoms with Gasteiger partial charge in [-0.1, -0.05) is 26.7 Å². The predicted octanol–water partition coefficient (Wildman–Crippen LogP) is 4.52. The molecule has 1 atom stereocenters. The van der Waals surface area contributed by atoms with Gasteiger partial charge in [0.2, 0.25) is 0 Å². The first kappa shape index (κ1) is 15.8.